The first-order chi connectivity index (χ1) is 10.1. The lowest BCUT2D eigenvalue weighted by molar-refractivity contribution is 0.414. The quantitative estimate of drug-likeness (QED) is 0.881. The van der Waals surface area contributed by atoms with E-state index in [1.165, 1.54) is 5.56 Å². The van der Waals surface area contributed by atoms with Crippen molar-refractivity contribution < 1.29 is 4.74 Å². The van der Waals surface area contributed by atoms with Crippen molar-refractivity contribution in [2.75, 3.05) is 19.0 Å². The van der Waals surface area contributed by atoms with Crippen molar-refractivity contribution in [3.8, 4) is 5.75 Å². The van der Waals surface area contributed by atoms with Crippen molar-refractivity contribution in [3.05, 3.63) is 47.4 Å². The lowest BCUT2D eigenvalue weighted by Gasteiger charge is -2.10. The highest BCUT2D eigenvalue weighted by Crippen LogP contribution is 2.14. The molecule has 112 valence electrons. The molecule has 0 aliphatic rings. The van der Waals surface area contributed by atoms with Crippen molar-refractivity contribution in [1.29, 1.82) is 0 Å². The van der Waals surface area contributed by atoms with Gasteiger partial charge < -0.3 is 10.1 Å². The molecule has 0 amide bonds. The Balaban J connectivity index is 1.93. The van der Waals surface area contributed by atoms with E-state index in [2.05, 4.69) is 41.3 Å². The minimum Gasteiger partial charge on any atom is -0.497 e. The van der Waals surface area contributed by atoms with E-state index in [4.69, 9.17) is 4.74 Å². The van der Waals surface area contributed by atoms with Crippen LogP contribution < -0.4 is 10.1 Å². The van der Waals surface area contributed by atoms with Crippen LogP contribution in [-0.4, -0.2) is 23.6 Å². The zero-order valence-electron chi connectivity index (χ0n) is 13.2. The minimum absolute atomic E-state index is 0.340. The van der Waals surface area contributed by atoms with E-state index in [9.17, 15) is 0 Å². The number of nitrogens with zero attached hydrogens (tertiary/aromatic N) is 2. The third-order valence-electron chi connectivity index (χ3n) is 3.27. The molecule has 0 aliphatic carbocycles. The van der Waals surface area contributed by atoms with Gasteiger partial charge in [0.2, 0.25) is 0 Å². The van der Waals surface area contributed by atoms with Gasteiger partial charge in [0.1, 0.15) is 17.4 Å². The van der Waals surface area contributed by atoms with Crippen molar-refractivity contribution in [3.63, 3.8) is 0 Å². The van der Waals surface area contributed by atoms with Crippen LogP contribution >= 0.6 is 0 Å². The van der Waals surface area contributed by atoms with Crippen LogP contribution in [0, 0.1) is 6.92 Å². The van der Waals surface area contributed by atoms with Gasteiger partial charge in [0.25, 0.3) is 0 Å². The van der Waals surface area contributed by atoms with Gasteiger partial charge in [-0.25, -0.2) is 9.97 Å². The van der Waals surface area contributed by atoms with E-state index < -0.39 is 0 Å². The van der Waals surface area contributed by atoms with Crippen molar-refractivity contribution in [1.82, 2.24) is 9.97 Å². The number of hydrogen-bond donors (Lipinski definition) is 1. The Bertz CT molecular complexity index is 579. The Morgan fingerprint density at radius 2 is 1.86 bits per heavy atom. The summed E-state index contributed by atoms with van der Waals surface area (Å²) in [4.78, 5) is 9.00. The summed E-state index contributed by atoms with van der Waals surface area (Å²) in [5.41, 5.74) is 2.28. The maximum Gasteiger partial charge on any atom is 0.133 e. The zero-order chi connectivity index (χ0) is 15.2. The average molecular weight is 285 g/mol. The molecule has 2 aromatic rings. The van der Waals surface area contributed by atoms with Gasteiger partial charge in [-0.15, -0.1) is 0 Å². The number of benzene rings is 1. The predicted molar refractivity (Wildman–Crippen MR) is 86.0 cm³/mol. The van der Waals surface area contributed by atoms with E-state index in [1.54, 1.807) is 7.11 Å². The van der Waals surface area contributed by atoms with Crippen molar-refractivity contribution in [2.45, 2.75) is 33.1 Å². The molecule has 1 heterocycles. The molecule has 0 radical (unpaired) electrons. The molecule has 0 fully saturated rings. The fourth-order valence-corrected chi connectivity index (χ4v) is 2.07. The SMILES string of the molecule is COc1ccc(CCNc2cc(C)nc(C(C)C)n2)cc1. The number of hydrogen-bond acceptors (Lipinski definition) is 4. The molecule has 0 bridgehead atoms. The van der Waals surface area contributed by atoms with E-state index >= 15 is 0 Å². The molecule has 4 heteroatoms. The highest BCUT2D eigenvalue weighted by atomic mass is 16.5. The molecule has 0 aliphatic heterocycles. The largest absolute Gasteiger partial charge is 0.497 e. The van der Waals surface area contributed by atoms with Gasteiger partial charge in [0.05, 0.1) is 7.11 Å². The van der Waals surface area contributed by atoms with Crippen molar-refractivity contribution >= 4 is 5.82 Å². The van der Waals surface area contributed by atoms with Gasteiger partial charge >= 0.3 is 0 Å². The molecular formula is C17H23N3O. The monoisotopic (exact) mass is 285 g/mol. The van der Waals surface area contributed by atoms with Crippen LogP contribution in [0.5, 0.6) is 5.75 Å². The highest BCUT2D eigenvalue weighted by Gasteiger charge is 2.05. The highest BCUT2D eigenvalue weighted by molar-refractivity contribution is 5.36. The first kappa shape index (κ1) is 15.3. The summed E-state index contributed by atoms with van der Waals surface area (Å²) in [6, 6.07) is 10.1. The first-order valence-electron chi connectivity index (χ1n) is 7.31. The minimum atomic E-state index is 0.340. The van der Waals surface area contributed by atoms with Crippen LogP contribution in [0.15, 0.2) is 30.3 Å². The topological polar surface area (TPSA) is 47.0 Å². The summed E-state index contributed by atoms with van der Waals surface area (Å²) in [6.07, 6.45) is 0.948. The molecule has 0 saturated heterocycles. The molecule has 1 aromatic carbocycles. The molecular weight excluding hydrogens is 262 g/mol. The number of ether oxygens (including phenoxy) is 1. The average Bonchev–Trinajstić information content (AvgIpc) is 2.47. The lowest BCUT2D eigenvalue weighted by Crippen LogP contribution is -2.09. The lowest BCUT2D eigenvalue weighted by atomic mass is 10.1. The second-order valence-electron chi connectivity index (χ2n) is 5.43. The second-order valence-corrected chi connectivity index (χ2v) is 5.43. The molecule has 1 N–H and O–H groups in total. The van der Waals surface area contributed by atoms with E-state index in [0.717, 1.165) is 36.1 Å². The van der Waals surface area contributed by atoms with Gasteiger partial charge in [-0.2, -0.15) is 0 Å². The van der Waals surface area contributed by atoms with Gasteiger partial charge in [-0.05, 0) is 31.0 Å². The molecule has 0 saturated carbocycles. The summed E-state index contributed by atoms with van der Waals surface area (Å²) in [5, 5.41) is 3.38. The van der Waals surface area contributed by atoms with E-state index in [-0.39, 0.29) is 0 Å². The summed E-state index contributed by atoms with van der Waals surface area (Å²) in [6.45, 7) is 7.06. The molecule has 1 aromatic heterocycles. The second kappa shape index (κ2) is 7.07. The van der Waals surface area contributed by atoms with Crippen LogP contribution in [-0.2, 0) is 6.42 Å². The smallest absolute Gasteiger partial charge is 0.133 e. The summed E-state index contributed by atoms with van der Waals surface area (Å²) in [5.74, 6) is 3.02. The molecule has 0 atom stereocenters. The molecule has 21 heavy (non-hydrogen) atoms. The Morgan fingerprint density at radius 1 is 1.14 bits per heavy atom. The number of methoxy groups -OCH3 is 1. The van der Waals surface area contributed by atoms with E-state index in [0.29, 0.717) is 5.92 Å². The Kier molecular flexibility index (Phi) is 5.14. The Labute approximate surface area is 126 Å². The van der Waals surface area contributed by atoms with Crippen LogP contribution in [0.4, 0.5) is 5.82 Å². The number of rotatable bonds is 6. The Morgan fingerprint density at radius 3 is 2.48 bits per heavy atom. The fraction of sp³-hybridized carbons (Fsp3) is 0.412. The van der Waals surface area contributed by atoms with Gasteiger partial charge in [0.15, 0.2) is 0 Å². The summed E-state index contributed by atoms with van der Waals surface area (Å²) < 4.78 is 5.16. The van der Waals surface area contributed by atoms with Gasteiger partial charge in [-0.1, -0.05) is 26.0 Å². The third-order valence-corrected chi connectivity index (χ3v) is 3.27. The van der Waals surface area contributed by atoms with Crippen molar-refractivity contribution in [2.24, 2.45) is 0 Å². The van der Waals surface area contributed by atoms with Crippen LogP contribution in [0.1, 0.15) is 36.8 Å². The number of aryl methyl sites for hydroxylation is 1. The number of anilines is 1. The molecule has 4 nitrogen and oxygen atoms in total. The van der Waals surface area contributed by atoms with Crippen LogP contribution in [0.25, 0.3) is 0 Å². The van der Waals surface area contributed by atoms with Gasteiger partial charge in [-0.3, -0.25) is 0 Å². The Hall–Kier alpha value is -2.10. The van der Waals surface area contributed by atoms with Gasteiger partial charge in [0, 0.05) is 24.2 Å². The number of nitrogens with one attached hydrogen (secondary N) is 1. The summed E-state index contributed by atoms with van der Waals surface area (Å²) in [7, 11) is 1.68. The molecule has 2 rings (SSSR count). The fourth-order valence-electron chi connectivity index (χ4n) is 2.07. The van der Waals surface area contributed by atoms with Crippen LogP contribution in [0.2, 0.25) is 0 Å². The first-order valence-corrected chi connectivity index (χ1v) is 7.31. The maximum atomic E-state index is 5.16. The normalized spacial score (nSPS) is 10.7. The predicted octanol–water partition coefficient (Wildman–Crippen LogP) is 3.57. The van der Waals surface area contributed by atoms with E-state index in [1.807, 2.05) is 25.1 Å². The maximum absolute atomic E-state index is 5.16. The summed E-state index contributed by atoms with van der Waals surface area (Å²) >= 11 is 0. The third kappa shape index (κ3) is 4.45. The number of aromatic nitrogens is 2. The molecule has 0 unspecified atom stereocenters. The zero-order valence-corrected chi connectivity index (χ0v) is 13.2. The van der Waals surface area contributed by atoms with Crippen LogP contribution in [0.3, 0.4) is 0 Å². The molecule has 0 spiro atoms. The standard InChI is InChI=1S/C17H23N3O/c1-12(2)17-19-13(3)11-16(20-17)18-10-9-14-5-7-15(21-4)8-6-14/h5-8,11-12H,9-10H2,1-4H3,(H,18,19,20).